The van der Waals surface area contributed by atoms with Gasteiger partial charge in [-0.15, -0.1) is 10.2 Å². The summed E-state index contributed by atoms with van der Waals surface area (Å²) in [6.45, 7) is 7.04. The van der Waals surface area contributed by atoms with Crippen molar-refractivity contribution in [3.63, 3.8) is 0 Å². The van der Waals surface area contributed by atoms with Gasteiger partial charge in [0.05, 0.1) is 25.5 Å². The molecule has 1 aromatic carbocycles. The summed E-state index contributed by atoms with van der Waals surface area (Å²) in [5.74, 6) is 1.44. The van der Waals surface area contributed by atoms with Crippen molar-refractivity contribution in [1.29, 1.82) is 0 Å². The lowest BCUT2D eigenvalue weighted by atomic mass is 10.2. The van der Waals surface area contributed by atoms with E-state index in [1.807, 2.05) is 30.3 Å². The number of hydrogen-bond acceptors (Lipinski definition) is 6. The van der Waals surface area contributed by atoms with Crippen LogP contribution in [-0.4, -0.2) is 57.5 Å². The van der Waals surface area contributed by atoms with Crippen molar-refractivity contribution >= 4 is 17.5 Å². The number of carbonyl (C=O) groups is 1. The van der Waals surface area contributed by atoms with Gasteiger partial charge in [-0.3, -0.25) is 9.69 Å². The molecule has 1 aliphatic heterocycles. The number of morpholine rings is 1. The fourth-order valence-corrected chi connectivity index (χ4v) is 3.57. The first-order chi connectivity index (χ1) is 11.8. The number of thioether (sulfide) groups is 1. The van der Waals surface area contributed by atoms with Gasteiger partial charge in [-0.05, 0) is 6.92 Å². The highest BCUT2D eigenvalue weighted by Crippen LogP contribution is 2.19. The van der Waals surface area contributed by atoms with Gasteiger partial charge in [-0.2, -0.15) is 0 Å². The molecule has 24 heavy (non-hydrogen) atoms. The monoisotopic (exact) mass is 346 g/mol. The number of benzene rings is 1. The van der Waals surface area contributed by atoms with E-state index >= 15 is 0 Å². The van der Waals surface area contributed by atoms with E-state index in [2.05, 4.69) is 26.6 Å². The predicted octanol–water partition coefficient (Wildman–Crippen LogP) is 2.11. The third-order valence-corrected chi connectivity index (χ3v) is 4.97. The zero-order valence-electron chi connectivity index (χ0n) is 13.9. The molecule has 0 radical (unpaired) electrons. The Hall–Kier alpha value is -1.70. The molecule has 0 N–H and O–H groups in total. The second-order valence-corrected chi connectivity index (χ2v) is 6.55. The van der Waals surface area contributed by atoms with E-state index in [0.29, 0.717) is 5.75 Å². The van der Waals surface area contributed by atoms with Crippen LogP contribution in [0.15, 0.2) is 35.5 Å². The molecule has 3 rings (SSSR count). The van der Waals surface area contributed by atoms with E-state index in [1.165, 1.54) is 11.8 Å². The molecule has 2 heterocycles. The molecule has 0 aliphatic carbocycles. The molecule has 7 heteroatoms. The predicted molar refractivity (Wildman–Crippen MR) is 93.3 cm³/mol. The summed E-state index contributed by atoms with van der Waals surface area (Å²) in [7, 11) is 0. The first kappa shape index (κ1) is 17.1. The number of carbonyl (C=O) groups excluding carboxylic acids is 1. The Morgan fingerprint density at radius 3 is 2.67 bits per heavy atom. The summed E-state index contributed by atoms with van der Waals surface area (Å²) in [6, 6.07) is 9.36. The molecular formula is C17H22N4O2S. The average Bonchev–Trinajstić information content (AvgIpc) is 3.02. The lowest BCUT2D eigenvalue weighted by molar-refractivity contribution is 0.0325. The molecule has 1 fully saturated rings. The smallest absolute Gasteiger partial charge is 0.191 e. The fraction of sp³-hybridized carbons (Fsp3) is 0.471. The molecule has 0 spiro atoms. The Kier molecular flexibility index (Phi) is 6.01. The van der Waals surface area contributed by atoms with E-state index in [-0.39, 0.29) is 5.78 Å². The van der Waals surface area contributed by atoms with E-state index in [4.69, 9.17) is 4.74 Å². The zero-order chi connectivity index (χ0) is 16.8. The number of nitrogens with zero attached hydrogens (tertiary/aromatic N) is 4. The number of aromatic nitrogens is 3. The van der Waals surface area contributed by atoms with Gasteiger partial charge >= 0.3 is 0 Å². The number of ketones is 1. The minimum atomic E-state index is 0.112. The van der Waals surface area contributed by atoms with E-state index in [9.17, 15) is 4.79 Å². The summed E-state index contributed by atoms with van der Waals surface area (Å²) in [5, 5.41) is 9.42. The molecule has 0 amide bonds. The van der Waals surface area contributed by atoms with Crippen molar-refractivity contribution in [2.45, 2.75) is 25.2 Å². The number of Topliss-reactive ketones (excluding diaryl/α,β-unsaturated/α-hetero) is 1. The Bertz CT molecular complexity index is 668. The molecule has 0 atom stereocenters. The normalized spacial score (nSPS) is 15.5. The maximum Gasteiger partial charge on any atom is 0.191 e. The Labute approximate surface area is 146 Å². The van der Waals surface area contributed by atoms with Crippen LogP contribution in [0.4, 0.5) is 0 Å². The van der Waals surface area contributed by atoms with E-state index in [0.717, 1.165) is 55.9 Å². The Morgan fingerprint density at radius 2 is 1.96 bits per heavy atom. The SMILES string of the molecule is CCn1c(CN2CCOCC2)nnc1SCC(=O)c1ccccc1. The molecule has 1 aliphatic rings. The minimum absolute atomic E-state index is 0.112. The third-order valence-electron chi connectivity index (χ3n) is 4.01. The van der Waals surface area contributed by atoms with Gasteiger partial charge in [0.15, 0.2) is 10.9 Å². The lowest BCUT2D eigenvalue weighted by Crippen LogP contribution is -2.36. The van der Waals surface area contributed by atoms with Gasteiger partial charge < -0.3 is 9.30 Å². The topological polar surface area (TPSA) is 60.2 Å². The Morgan fingerprint density at radius 1 is 1.21 bits per heavy atom. The van der Waals surface area contributed by atoms with E-state index in [1.54, 1.807) is 0 Å². The second kappa shape index (κ2) is 8.41. The fourth-order valence-electron chi connectivity index (χ4n) is 2.66. The molecule has 0 unspecified atom stereocenters. The highest BCUT2D eigenvalue weighted by atomic mass is 32.2. The first-order valence-corrected chi connectivity index (χ1v) is 9.19. The highest BCUT2D eigenvalue weighted by molar-refractivity contribution is 7.99. The molecule has 6 nitrogen and oxygen atoms in total. The van der Waals surface area contributed by atoms with Crippen LogP contribution in [-0.2, 0) is 17.8 Å². The third kappa shape index (κ3) is 4.23. The van der Waals surface area contributed by atoms with Gasteiger partial charge in [-0.1, -0.05) is 42.1 Å². The lowest BCUT2D eigenvalue weighted by Gasteiger charge is -2.26. The van der Waals surface area contributed by atoms with Crippen molar-refractivity contribution in [1.82, 2.24) is 19.7 Å². The van der Waals surface area contributed by atoms with Crippen LogP contribution in [0.25, 0.3) is 0 Å². The van der Waals surface area contributed by atoms with Crippen molar-refractivity contribution in [2.24, 2.45) is 0 Å². The Balaban J connectivity index is 1.62. The number of rotatable bonds is 7. The van der Waals surface area contributed by atoms with Crippen LogP contribution in [0.2, 0.25) is 0 Å². The zero-order valence-corrected chi connectivity index (χ0v) is 14.7. The number of hydrogen-bond donors (Lipinski definition) is 0. The van der Waals surface area contributed by atoms with Gasteiger partial charge in [0.1, 0.15) is 5.82 Å². The van der Waals surface area contributed by atoms with Crippen molar-refractivity contribution in [2.75, 3.05) is 32.1 Å². The maximum absolute atomic E-state index is 12.2. The van der Waals surface area contributed by atoms with Crippen molar-refractivity contribution in [3.05, 3.63) is 41.7 Å². The van der Waals surface area contributed by atoms with Crippen LogP contribution >= 0.6 is 11.8 Å². The molecule has 0 saturated carbocycles. The standard InChI is InChI=1S/C17H22N4O2S/c1-2-21-16(12-20-8-10-23-11-9-20)18-19-17(21)24-13-15(22)14-6-4-3-5-7-14/h3-7H,2,8-13H2,1H3. The summed E-state index contributed by atoms with van der Waals surface area (Å²) in [4.78, 5) is 14.6. The summed E-state index contributed by atoms with van der Waals surface area (Å²) in [5.41, 5.74) is 0.737. The van der Waals surface area contributed by atoms with Crippen molar-refractivity contribution < 1.29 is 9.53 Å². The minimum Gasteiger partial charge on any atom is -0.379 e. The molecular weight excluding hydrogens is 324 g/mol. The second-order valence-electron chi connectivity index (χ2n) is 5.61. The molecule has 2 aromatic rings. The first-order valence-electron chi connectivity index (χ1n) is 8.21. The summed E-state index contributed by atoms with van der Waals surface area (Å²) >= 11 is 1.45. The van der Waals surface area contributed by atoms with Gasteiger partial charge in [0, 0.05) is 25.2 Å². The summed E-state index contributed by atoms with van der Waals surface area (Å²) < 4.78 is 7.48. The van der Waals surface area contributed by atoms with Crippen LogP contribution in [0.5, 0.6) is 0 Å². The van der Waals surface area contributed by atoms with E-state index < -0.39 is 0 Å². The largest absolute Gasteiger partial charge is 0.379 e. The summed E-state index contributed by atoms with van der Waals surface area (Å²) in [6.07, 6.45) is 0. The van der Waals surface area contributed by atoms with Gasteiger partial charge in [-0.25, -0.2) is 0 Å². The van der Waals surface area contributed by atoms with Crippen molar-refractivity contribution in [3.8, 4) is 0 Å². The molecule has 1 aromatic heterocycles. The molecule has 0 bridgehead atoms. The highest BCUT2D eigenvalue weighted by Gasteiger charge is 2.17. The quantitative estimate of drug-likeness (QED) is 0.565. The number of ether oxygens (including phenoxy) is 1. The van der Waals surface area contributed by atoms with Crippen LogP contribution in [0.3, 0.4) is 0 Å². The average molecular weight is 346 g/mol. The maximum atomic E-state index is 12.2. The molecule has 1 saturated heterocycles. The van der Waals surface area contributed by atoms with Crippen LogP contribution in [0, 0.1) is 0 Å². The van der Waals surface area contributed by atoms with Crippen LogP contribution < -0.4 is 0 Å². The van der Waals surface area contributed by atoms with Gasteiger partial charge in [0.25, 0.3) is 0 Å². The molecule has 128 valence electrons. The van der Waals surface area contributed by atoms with Gasteiger partial charge in [0.2, 0.25) is 0 Å². The van der Waals surface area contributed by atoms with Crippen LogP contribution in [0.1, 0.15) is 23.1 Å².